The smallest absolute Gasteiger partial charge is 0.115 e. The molecule has 0 aliphatic heterocycles. The van der Waals surface area contributed by atoms with Crippen molar-refractivity contribution in [2.45, 2.75) is 13.0 Å². The molecule has 0 saturated heterocycles. The van der Waals surface area contributed by atoms with Crippen LogP contribution in [0.2, 0.25) is 5.02 Å². The van der Waals surface area contributed by atoms with Crippen LogP contribution in [0, 0.1) is 0 Å². The highest BCUT2D eigenvalue weighted by atomic mass is 35.5. The number of anilines is 1. The van der Waals surface area contributed by atoms with Gasteiger partial charge in [-0.05, 0) is 19.1 Å². The van der Waals surface area contributed by atoms with Gasteiger partial charge in [-0.3, -0.25) is 0 Å². The molecule has 1 heterocycles. The monoisotopic (exact) mass is 238 g/mol. The summed E-state index contributed by atoms with van der Waals surface area (Å²) in [6, 6.07) is 7.90. The quantitative estimate of drug-likeness (QED) is 0.875. The van der Waals surface area contributed by atoms with Crippen LogP contribution in [0.3, 0.4) is 0 Å². The Labute approximate surface area is 97.9 Å². The molecule has 0 amide bonds. The number of rotatable bonds is 3. The number of nitrogens with zero attached hydrogens (tertiary/aromatic N) is 1. The van der Waals surface area contributed by atoms with E-state index in [1.807, 2.05) is 35.8 Å². The Balaban J connectivity index is 2.13. The fourth-order valence-electron chi connectivity index (χ4n) is 1.32. The van der Waals surface area contributed by atoms with E-state index >= 15 is 0 Å². The molecule has 0 bridgehead atoms. The number of hydrogen-bond donors (Lipinski definition) is 1. The van der Waals surface area contributed by atoms with E-state index in [1.165, 1.54) is 0 Å². The Bertz CT molecular complexity index is 428. The van der Waals surface area contributed by atoms with Crippen molar-refractivity contribution in [3.8, 4) is 0 Å². The SMILES string of the molecule is C[C@H](Nc1ccccc1Cl)c1nccs1. The highest BCUT2D eigenvalue weighted by molar-refractivity contribution is 7.09. The van der Waals surface area contributed by atoms with Crippen LogP contribution in [0.5, 0.6) is 0 Å². The van der Waals surface area contributed by atoms with E-state index < -0.39 is 0 Å². The van der Waals surface area contributed by atoms with Crippen molar-refractivity contribution in [2.75, 3.05) is 5.32 Å². The Morgan fingerprint density at radius 3 is 2.87 bits per heavy atom. The van der Waals surface area contributed by atoms with Crippen LogP contribution in [0.15, 0.2) is 35.8 Å². The minimum atomic E-state index is 0.185. The number of hydrogen-bond acceptors (Lipinski definition) is 3. The van der Waals surface area contributed by atoms with Gasteiger partial charge in [0, 0.05) is 11.6 Å². The van der Waals surface area contributed by atoms with Crippen molar-refractivity contribution in [1.29, 1.82) is 0 Å². The molecule has 1 atom stereocenters. The van der Waals surface area contributed by atoms with Crippen LogP contribution in [0.1, 0.15) is 18.0 Å². The van der Waals surface area contributed by atoms with Crippen molar-refractivity contribution in [3.05, 3.63) is 45.9 Å². The summed E-state index contributed by atoms with van der Waals surface area (Å²) in [5, 5.41) is 7.10. The maximum Gasteiger partial charge on any atom is 0.115 e. The van der Waals surface area contributed by atoms with Gasteiger partial charge in [0.2, 0.25) is 0 Å². The Kier molecular flexibility index (Phi) is 3.23. The zero-order chi connectivity index (χ0) is 10.7. The fourth-order valence-corrected chi connectivity index (χ4v) is 2.16. The van der Waals surface area contributed by atoms with E-state index in [-0.39, 0.29) is 6.04 Å². The fraction of sp³-hybridized carbons (Fsp3) is 0.182. The lowest BCUT2D eigenvalue weighted by Gasteiger charge is -2.13. The molecule has 15 heavy (non-hydrogen) atoms. The molecule has 0 spiro atoms. The number of thiazole rings is 1. The minimum Gasteiger partial charge on any atom is -0.375 e. The van der Waals surface area contributed by atoms with E-state index in [0.29, 0.717) is 0 Å². The highest BCUT2D eigenvalue weighted by Crippen LogP contribution is 2.26. The lowest BCUT2D eigenvalue weighted by atomic mass is 10.3. The van der Waals surface area contributed by atoms with E-state index in [0.717, 1.165) is 15.7 Å². The first kappa shape index (κ1) is 10.5. The zero-order valence-electron chi connectivity index (χ0n) is 8.27. The third-order valence-electron chi connectivity index (χ3n) is 2.07. The molecule has 2 rings (SSSR count). The third kappa shape index (κ3) is 2.49. The van der Waals surface area contributed by atoms with Crippen LogP contribution in [0.25, 0.3) is 0 Å². The summed E-state index contributed by atoms with van der Waals surface area (Å²) in [6.45, 7) is 2.07. The van der Waals surface area contributed by atoms with Gasteiger partial charge in [0.15, 0.2) is 0 Å². The van der Waals surface area contributed by atoms with E-state index in [2.05, 4.69) is 17.2 Å². The summed E-state index contributed by atoms with van der Waals surface area (Å²) in [4.78, 5) is 4.25. The number of halogens is 1. The first-order chi connectivity index (χ1) is 7.27. The van der Waals surface area contributed by atoms with Gasteiger partial charge in [0.25, 0.3) is 0 Å². The van der Waals surface area contributed by atoms with Crippen LogP contribution in [-0.4, -0.2) is 4.98 Å². The second-order valence-corrected chi connectivity index (χ2v) is 4.55. The second-order valence-electron chi connectivity index (χ2n) is 3.22. The third-order valence-corrected chi connectivity index (χ3v) is 3.36. The summed E-state index contributed by atoms with van der Waals surface area (Å²) in [6.07, 6.45) is 1.81. The second kappa shape index (κ2) is 4.64. The van der Waals surface area contributed by atoms with Crippen LogP contribution >= 0.6 is 22.9 Å². The summed E-state index contributed by atoms with van der Waals surface area (Å²) in [5.41, 5.74) is 0.946. The Hall–Kier alpha value is -1.06. The number of para-hydroxylation sites is 1. The predicted molar refractivity (Wildman–Crippen MR) is 65.6 cm³/mol. The molecule has 0 radical (unpaired) electrons. The molecule has 1 aromatic heterocycles. The van der Waals surface area contributed by atoms with Crippen molar-refractivity contribution in [2.24, 2.45) is 0 Å². The Morgan fingerprint density at radius 2 is 2.20 bits per heavy atom. The topological polar surface area (TPSA) is 24.9 Å². The molecule has 0 aliphatic carbocycles. The normalized spacial score (nSPS) is 12.4. The van der Waals surface area contributed by atoms with Gasteiger partial charge >= 0.3 is 0 Å². The van der Waals surface area contributed by atoms with E-state index in [9.17, 15) is 0 Å². The van der Waals surface area contributed by atoms with Gasteiger partial charge in [-0.1, -0.05) is 23.7 Å². The summed E-state index contributed by atoms with van der Waals surface area (Å²) in [7, 11) is 0. The molecular weight excluding hydrogens is 228 g/mol. The average molecular weight is 239 g/mol. The molecule has 0 fully saturated rings. The molecular formula is C11H11ClN2S. The van der Waals surface area contributed by atoms with E-state index in [4.69, 9.17) is 11.6 Å². The van der Waals surface area contributed by atoms with Gasteiger partial charge in [-0.25, -0.2) is 4.98 Å². The predicted octanol–water partition coefficient (Wildman–Crippen LogP) is 3.97. The van der Waals surface area contributed by atoms with Crippen LogP contribution in [-0.2, 0) is 0 Å². The standard InChI is InChI=1S/C11H11ClN2S/c1-8(11-13-6-7-15-11)14-10-5-3-2-4-9(10)12/h2-8,14H,1H3/t8-/m0/s1. The van der Waals surface area contributed by atoms with E-state index in [1.54, 1.807) is 11.3 Å². The first-order valence-electron chi connectivity index (χ1n) is 4.68. The highest BCUT2D eigenvalue weighted by Gasteiger charge is 2.08. The molecule has 2 nitrogen and oxygen atoms in total. The molecule has 0 aliphatic rings. The number of nitrogens with one attached hydrogen (secondary N) is 1. The molecule has 4 heteroatoms. The van der Waals surface area contributed by atoms with Crippen molar-refractivity contribution >= 4 is 28.6 Å². The summed E-state index contributed by atoms with van der Waals surface area (Å²) < 4.78 is 0. The van der Waals surface area contributed by atoms with Crippen LogP contribution < -0.4 is 5.32 Å². The molecule has 78 valence electrons. The van der Waals surface area contributed by atoms with Gasteiger partial charge in [0.1, 0.15) is 5.01 Å². The molecule has 0 unspecified atom stereocenters. The van der Waals surface area contributed by atoms with Gasteiger partial charge in [-0.15, -0.1) is 11.3 Å². The Morgan fingerprint density at radius 1 is 1.40 bits per heavy atom. The van der Waals surface area contributed by atoms with Crippen molar-refractivity contribution in [1.82, 2.24) is 4.98 Å². The number of aromatic nitrogens is 1. The van der Waals surface area contributed by atoms with Crippen molar-refractivity contribution in [3.63, 3.8) is 0 Å². The molecule has 1 aromatic carbocycles. The van der Waals surface area contributed by atoms with Crippen LogP contribution in [0.4, 0.5) is 5.69 Å². The number of benzene rings is 1. The van der Waals surface area contributed by atoms with Crippen molar-refractivity contribution < 1.29 is 0 Å². The summed E-state index contributed by atoms with van der Waals surface area (Å²) >= 11 is 7.69. The maximum absolute atomic E-state index is 6.05. The summed E-state index contributed by atoms with van der Waals surface area (Å²) in [5.74, 6) is 0. The molecule has 2 aromatic rings. The largest absolute Gasteiger partial charge is 0.375 e. The lowest BCUT2D eigenvalue weighted by Crippen LogP contribution is -2.06. The van der Waals surface area contributed by atoms with Gasteiger partial charge < -0.3 is 5.32 Å². The first-order valence-corrected chi connectivity index (χ1v) is 5.93. The minimum absolute atomic E-state index is 0.185. The lowest BCUT2D eigenvalue weighted by molar-refractivity contribution is 0.870. The maximum atomic E-state index is 6.05. The van der Waals surface area contributed by atoms with Gasteiger partial charge in [-0.2, -0.15) is 0 Å². The van der Waals surface area contributed by atoms with Gasteiger partial charge in [0.05, 0.1) is 16.8 Å². The molecule has 0 saturated carbocycles. The average Bonchev–Trinajstić information content (AvgIpc) is 2.74. The zero-order valence-corrected chi connectivity index (χ0v) is 9.85. The molecule has 1 N–H and O–H groups in total.